The van der Waals surface area contributed by atoms with Crippen LogP contribution in [-0.2, 0) is 9.59 Å². The molecule has 0 saturated heterocycles. The van der Waals surface area contributed by atoms with Crippen molar-refractivity contribution in [2.24, 2.45) is 5.73 Å². The zero-order chi connectivity index (χ0) is 13.1. The van der Waals surface area contributed by atoms with Gasteiger partial charge in [0.1, 0.15) is 0 Å². The average Bonchev–Trinajstić information content (AvgIpc) is 2.27. The van der Waals surface area contributed by atoms with E-state index in [0.717, 1.165) is 19.3 Å². The number of carbonyl (C=O) groups is 2. The Bertz CT molecular complexity index is 254. The minimum absolute atomic E-state index is 0.157. The lowest BCUT2D eigenvalue weighted by atomic mass is 10.1. The molecule has 0 aliphatic heterocycles. The molecule has 0 fully saturated rings. The summed E-state index contributed by atoms with van der Waals surface area (Å²) >= 11 is 0. The molecule has 0 spiro atoms. The van der Waals surface area contributed by atoms with E-state index in [1.165, 1.54) is 0 Å². The number of carboxylic acids is 1. The molecule has 0 heterocycles. The summed E-state index contributed by atoms with van der Waals surface area (Å²) in [7, 11) is 0. The van der Waals surface area contributed by atoms with Crippen LogP contribution in [-0.4, -0.2) is 29.6 Å². The minimum atomic E-state index is -0.756. The molecule has 98 valence electrons. The maximum absolute atomic E-state index is 11.3. The fourth-order valence-corrected chi connectivity index (χ4v) is 1.38. The second kappa shape index (κ2) is 9.84. The summed E-state index contributed by atoms with van der Waals surface area (Å²) in [6.07, 6.45) is 5.66. The lowest BCUT2D eigenvalue weighted by molar-refractivity contribution is -0.137. The standard InChI is InChI=1S/C12H22N2O3/c1-2-7-10(13)12(17)14-9-6-4-3-5-8-11(15)16/h2,10H,1,3-9,13H2,(H,14,17)(H,15,16). The van der Waals surface area contributed by atoms with Crippen LogP contribution < -0.4 is 11.1 Å². The van der Waals surface area contributed by atoms with Gasteiger partial charge in [0.05, 0.1) is 6.04 Å². The third kappa shape index (κ3) is 9.56. The average molecular weight is 242 g/mol. The summed E-state index contributed by atoms with van der Waals surface area (Å²) in [6, 6.07) is -0.514. The van der Waals surface area contributed by atoms with Gasteiger partial charge in [-0.3, -0.25) is 9.59 Å². The fourth-order valence-electron chi connectivity index (χ4n) is 1.38. The molecule has 1 unspecified atom stereocenters. The van der Waals surface area contributed by atoms with Crippen molar-refractivity contribution in [3.05, 3.63) is 12.7 Å². The van der Waals surface area contributed by atoms with Crippen molar-refractivity contribution in [3.8, 4) is 0 Å². The van der Waals surface area contributed by atoms with Crippen LogP contribution in [0.4, 0.5) is 0 Å². The Morgan fingerprint density at radius 3 is 2.53 bits per heavy atom. The van der Waals surface area contributed by atoms with Crippen molar-refractivity contribution in [1.82, 2.24) is 5.32 Å². The van der Waals surface area contributed by atoms with Crippen LogP contribution in [0, 0.1) is 0 Å². The van der Waals surface area contributed by atoms with Gasteiger partial charge in [0, 0.05) is 13.0 Å². The van der Waals surface area contributed by atoms with Crippen molar-refractivity contribution in [3.63, 3.8) is 0 Å². The number of amides is 1. The maximum Gasteiger partial charge on any atom is 0.303 e. The summed E-state index contributed by atoms with van der Waals surface area (Å²) in [5.74, 6) is -0.913. The number of carbonyl (C=O) groups excluding carboxylic acids is 1. The first-order chi connectivity index (χ1) is 8.07. The topological polar surface area (TPSA) is 92.4 Å². The van der Waals surface area contributed by atoms with Gasteiger partial charge in [-0.2, -0.15) is 0 Å². The molecule has 5 heteroatoms. The number of aliphatic carboxylic acids is 1. The van der Waals surface area contributed by atoms with E-state index in [1.807, 2.05) is 0 Å². The summed E-state index contributed by atoms with van der Waals surface area (Å²) in [6.45, 7) is 4.11. The Balaban J connectivity index is 3.36. The van der Waals surface area contributed by atoms with E-state index in [9.17, 15) is 9.59 Å². The van der Waals surface area contributed by atoms with E-state index in [2.05, 4.69) is 11.9 Å². The predicted molar refractivity (Wildman–Crippen MR) is 66.5 cm³/mol. The van der Waals surface area contributed by atoms with Crippen LogP contribution in [0.15, 0.2) is 12.7 Å². The second-order valence-corrected chi connectivity index (χ2v) is 3.98. The Kier molecular flexibility index (Phi) is 9.05. The van der Waals surface area contributed by atoms with Gasteiger partial charge in [-0.15, -0.1) is 6.58 Å². The molecular formula is C12H22N2O3. The number of carboxylic acid groups (broad SMARTS) is 1. The summed E-state index contributed by atoms with van der Waals surface area (Å²) in [5.41, 5.74) is 5.57. The van der Waals surface area contributed by atoms with E-state index in [-0.39, 0.29) is 12.3 Å². The number of nitrogens with two attached hydrogens (primary N) is 1. The molecule has 4 N–H and O–H groups in total. The first-order valence-electron chi connectivity index (χ1n) is 5.94. The molecule has 1 atom stereocenters. The molecule has 0 aromatic rings. The first kappa shape index (κ1) is 15.6. The van der Waals surface area contributed by atoms with Gasteiger partial charge >= 0.3 is 5.97 Å². The molecule has 17 heavy (non-hydrogen) atoms. The Morgan fingerprint density at radius 2 is 1.94 bits per heavy atom. The number of nitrogens with one attached hydrogen (secondary N) is 1. The highest BCUT2D eigenvalue weighted by molar-refractivity contribution is 5.81. The van der Waals surface area contributed by atoms with Crippen molar-refractivity contribution in [2.45, 2.75) is 44.6 Å². The highest BCUT2D eigenvalue weighted by Crippen LogP contribution is 2.02. The number of unbranched alkanes of at least 4 members (excludes halogenated alkanes) is 3. The molecular weight excluding hydrogens is 220 g/mol. The van der Waals surface area contributed by atoms with Crippen LogP contribution in [0.3, 0.4) is 0 Å². The monoisotopic (exact) mass is 242 g/mol. The van der Waals surface area contributed by atoms with Crippen molar-refractivity contribution >= 4 is 11.9 Å². The number of hydrogen-bond acceptors (Lipinski definition) is 3. The smallest absolute Gasteiger partial charge is 0.303 e. The third-order valence-corrected chi connectivity index (χ3v) is 2.37. The Hall–Kier alpha value is -1.36. The molecule has 0 saturated carbocycles. The molecule has 0 bridgehead atoms. The third-order valence-electron chi connectivity index (χ3n) is 2.37. The van der Waals surface area contributed by atoms with Gasteiger partial charge in [-0.1, -0.05) is 18.9 Å². The quantitative estimate of drug-likeness (QED) is 0.394. The van der Waals surface area contributed by atoms with Crippen molar-refractivity contribution in [1.29, 1.82) is 0 Å². The van der Waals surface area contributed by atoms with Gasteiger partial charge in [0.25, 0.3) is 0 Å². The molecule has 0 radical (unpaired) electrons. The lowest BCUT2D eigenvalue weighted by Crippen LogP contribution is -2.40. The zero-order valence-corrected chi connectivity index (χ0v) is 10.2. The van der Waals surface area contributed by atoms with Gasteiger partial charge in [0.15, 0.2) is 0 Å². The highest BCUT2D eigenvalue weighted by Gasteiger charge is 2.09. The summed E-state index contributed by atoms with van der Waals surface area (Å²) < 4.78 is 0. The second-order valence-electron chi connectivity index (χ2n) is 3.98. The molecule has 5 nitrogen and oxygen atoms in total. The van der Waals surface area contributed by atoms with E-state index >= 15 is 0 Å². The maximum atomic E-state index is 11.3. The van der Waals surface area contributed by atoms with Gasteiger partial charge < -0.3 is 16.2 Å². The Labute approximate surface area is 102 Å². The molecule has 0 aromatic carbocycles. The molecule has 0 rings (SSSR count). The van der Waals surface area contributed by atoms with E-state index in [4.69, 9.17) is 10.8 Å². The molecule has 1 amide bonds. The predicted octanol–water partition coefficient (Wildman–Crippen LogP) is 1.04. The normalized spacial score (nSPS) is 11.8. The molecule has 0 aromatic heterocycles. The highest BCUT2D eigenvalue weighted by atomic mass is 16.4. The summed E-state index contributed by atoms with van der Waals surface area (Å²) in [4.78, 5) is 21.6. The largest absolute Gasteiger partial charge is 0.481 e. The number of hydrogen-bond donors (Lipinski definition) is 3. The van der Waals surface area contributed by atoms with Gasteiger partial charge in [-0.05, 0) is 19.3 Å². The van der Waals surface area contributed by atoms with Crippen molar-refractivity contribution < 1.29 is 14.7 Å². The zero-order valence-electron chi connectivity index (χ0n) is 10.2. The molecule has 0 aliphatic rings. The minimum Gasteiger partial charge on any atom is -0.481 e. The number of rotatable bonds is 10. The fraction of sp³-hybridized carbons (Fsp3) is 0.667. The van der Waals surface area contributed by atoms with E-state index < -0.39 is 12.0 Å². The Morgan fingerprint density at radius 1 is 1.29 bits per heavy atom. The van der Waals surface area contributed by atoms with Crippen molar-refractivity contribution in [2.75, 3.05) is 6.54 Å². The van der Waals surface area contributed by atoms with Gasteiger partial charge in [0.2, 0.25) is 5.91 Å². The van der Waals surface area contributed by atoms with Crippen LogP contribution in [0.25, 0.3) is 0 Å². The van der Waals surface area contributed by atoms with Crippen LogP contribution in [0.1, 0.15) is 38.5 Å². The lowest BCUT2D eigenvalue weighted by Gasteiger charge is -2.09. The SMILES string of the molecule is C=CCC(N)C(=O)NCCCCCCC(=O)O. The summed E-state index contributed by atoms with van der Waals surface area (Å²) in [5, 5.41) is 11.2. The van der Waals surface area contributed by atoms with E-state index in [0.29, 0.717) is 19.4 Å². The molecule has 0 aliphatic carbocycles. The van der Waals surface area contributed by atoms with E-state index in [1.54, 1.807) is 6.08 Å². The van der Waals surface area contributed by atoms with Crippen LogP contribution in [0.2, 0.25) is 0 Å². The first-order valence-corrected chi connectivity index (χ1v) is 5.94. The van der Waals surface area contributed by atoms with Gasteiger partial charge in [-0.25, -0.2) is 0 Å². The van der Waals surface area contributed by atoms with Crippen LogP contribution >= 0.6 is 0 Å². The van der Waals surface area contributed by atoms with Crippen LogP contribution in [0.5, 0.6) is 0 Å².